The summed E-state index contributed by atoms with van der Waals surface area (Å²) in [6, 6.07) is 2.20. The first-order valence-corrected chi connectivity index (χ1v) is 30.1. The van der Waals surface area contributed by atoms with Crippen LogP contribution in [0.1, 0.15) is 140 Å². The van der Waals surface area contributed by atoms with Crippen LogP contribution in [0.2, 0.25) is 0 Å². The van der Waals surface area contributed by atoms with E-state index in [1.165, 1.54) is 70.8 Å². The van der Waals surface area contributed by atoms with Crippen molar-refractivity contribution in [3.05, 3.63) is 35.8 Å². The lowest BCUT2D eigenvalue weighted by Gasteiger charge is -2.30. The van der Waals surface area contributed by atoms with E-state index in [9.17, 15) is 57.9 Å². The van der Waals surface area contributed by atoms with Crippen LogP contribution in [0.5, 0.6) is 0 Å². The number of nitrogens with zero attached hydrogens (tertiary/aromatic N) is 4. The van der Waals surface area contributed by atoms with Crippen LogP contribution in [0.15, 0.2) is 23.1 Å². The summed E-state index contributed by atoms with van der Waals surface area (Å²) in [5.74, 6) is 1.20. The molecule has 1 saturated heterocycles. The molecular formula is C44H74N7O18P3S. The number of aliphatic hydroxyl groups is 2. The van der Waals surface area contributed by atoms with Gasteiger partial charge in [-0.15, -0.1) is 0 Å². The maximum atomic E-state index is 12.8. The van der Waals surface area contributed by atoms with Crippen molar-refractivity contribution in [1.82, 2.24) is 30.2 Å². The number of hydrogen-bond donors (Lipinski definition) is 9. The van der Waals surface area contributed by atoms with Crippen LogP contribution < -0.4 is 16.4 Å². The summed E-state index contributed by atoms with van der Waals surface area (Å²) in [5, 5.41) is 26.7. The van der Waals surface area contributed by atoms with Crippen LogP contribution >= 0.6 is 35.2 Å². The molecule has 3 aromatic heterocycles. The molecule has 2 amide bonds. The molecule has 414 valence electrons. The van der Waals surface area contributed by atoms with Crippen molar-refractivity contribution in [2.24, 2.45) is 5.41 Å². The number of aliphatic hydroxyl groups excluding tert-OH is 2. The normalized spacial score (nSPS) is 19.4. The van der Waals surface area contributed by atoms with E-state index in [0.29, 0.717) is 12.2 Å². The number of aromatic nitrogens is 4. The number of ether oxygens (including phenoxy) is 1. The number of nitrogens with one attached hydrogen (secondary N) is 2. The molecule has 4 rings (SSSR count). The number of furan rings is 1. The smallest absolute Gasteiger partial charge is 0.466 e. The van der Waals surface area contributed by atoms with Crippen molar-refractivity contribution in [1.29, 1.82) is 0 Å². The van der Waals surface area contributed by atoms with Gasteiger partial charge in [0.2, 0.25) is 11.8 Å². The molecule has 10 N–H and O–H groups in total. The summed E-state index contributed by atoms with van der Waals surface area (Å²) in [5.41, 5.74) is 5.55. The Morgan fingerprint density at radius 2 is 1.52 bits per heavy atom. The lowest BCUT2D eigenvalue weighted by Crippen LogP contribution is -2.46. The first-order valence-electron chi connectivity index (χ1n) is 24.5. The maximum absolute atomic E-state index is 12.8. The Morgan fingerprint density at radius 1 is 0.877 bits per heavy atom. The molecule has 0 bridgehead atoms. The highest BCUT2D eigenvalue weighted by atomic mass is 32.2. The van der Waals surface area contributed by atoms with Crippen molar-refractivity contribution in [3.63, 3.8) is 0 Å². The van der Waals surface area contributed by atoms with Crippen molar-refractivity contribution in [2.45, 2.75) is 167 Å². The predicted molar refractivity (Wildman–Crippen MR) is 268 cm³/mol. The fourth-order valence-corrected chi connectivity index (χ4v) is 11.4. The number of fused-ring (bicyclic) bond motifs is 1. The van der Waals surface area contributed by atoms with Crippen LogP contribution in [0.4, 0.5) is 5.82 Å². The number of aryl methyl sites for hydroxylation is 3. The molecule has 1 fully saturated rings. The molecule has 0 radical (unpaired) electrons. The van der Waals surface area contributed by atoms with E-state index in [1.807, 2.05) is 0 Å². The number of nitrogen functional groups attached to an aromatic ring is 1. The number of amides is 2. The first kappa shape index (κ1) is 62.4. The molecule has 1 aliphatic heterocycles. The van der Waals surface area contributed by atoms with Gasteiger partial charge in [-0.1, -0.05) is 96.7 Å². The van der Waals surface area contributed by atoms with Gasteiger partial charge in [0.15, 0.2) is 22.8 Å². The number of rotatable bonds is 36. The molecule has 3 aromatic rings. The van der Waals surface area contributed by atoms with Crippen molar-refractivity contribution in [2.75, 3.05) is 37.8 Å². The fraction of sp³-hybridized carbons (Fsp3) is 0.727. The number of nitrogens with two attached hydrogens (primary N) is 1. The molecule has 0 aliphatic carbocycles. The minimum atomic E-state index is -5.58. The average molecular weight is 1110 g/mol. The minimum Gasteiger partial charge on any atom is -0.466 e. The molecule has 7 unspecified atom stereocenters. The van der Waals surface area contributed by atoms with Crippen LogP contribution in [-0.4, -0.2) is 123 Å². The summed E-state index contributed by atoms with van der Waals surface area (Å²) in [4.78, 5) is 88.6. The lowest BCUT2D eigenvalue weighted by atomic mass is 9.87. The summed E-state index contributed by atoms with van der Waals surface area (Å²) < 4.78 is 68.7. The lowest BCUT2D eigenvalue weighted by molar-refractivity contribution is -0.137. The van der Waals surface area contributed by atoms with Gasteiger partial charge in [0, 0.05) is 49.9 Å². The number of phosphoric ester groups is 3. The van der Waals surface area contributed by atoms with Gasteiger partial charge in [-0.2, -0.15) is 4.31 Å². The molecule has 0 aromatic carbocycles. The third-order valence-corrected chi connectivity index (χ3v) is 15.9. The zero-order valence-electron chi connectivity index (χ0n) is 41.9. The van der Waals surface area contributed by atoms with Gasteiger partial charge >= 0.3 is 23.5 Å². The molecule has 73 heavy (non-hydrogen) atoms. The summed E-state index contributed by atoms with van der Waals surface area (Å²) >= 11 is 1.15. The molecule has 4 heterocycles. The molecular weight excluding hydrogens is 1040 g/mol. The molecule has 25 nitrogen and oxygen atoms in total. The van der Waals surface area contributed by atoms with E-state index >= 15 is 0 Å². The van der Waals surface area contributed by atoms with E-state index in [2.05, 4.69) is 54.3 Å². The number of carbonyl (C=O) groups is 3. The Labute approximate surface area is 429 Å². The van der Waals surface area contributed by atoms with E-state index < -0.39 is 84.6 Å². The van der Waals surface area contributed by atoms with Crippen LogP contribution in [0, 0.1) is 12.3 Å². The van der Waals surface area contributed by atoms with E-state index in [-0.39, 0.29) is 41.6 Å². The van der Waals surface area contributed by atoms with E-state index in [4.69, 9.17) is 23.9 Å². The summed E-state index contributed by atoms with van der Waals surface area (Å²) in [6.07, 6.45) is 10.5. The highest BCUT2D eigenvalue weighted by Crippen LogP contribution is 2.61. The van der Waals surface area contributed by atoms with Gasteiger partial charge in [0.05, 0.1) is 19.5 Å². The number of hydrogen-bond acceptors (Lipinski definition) is 19. The summed E-state index contributed by atoms with van der Waals surface area (Å²) in [7, 11) is -16.4. The Bertz CT molecular complexity index is 2370. The number of carbonyl (C=O) groups excluding carboxylic acids is 3. The predicted octanol–water partition coefficient (Wildman–Crippen LogP) is 5.83. The van der Waals surface area contributed by atoms with Crippen LogP contribution in [-0.2, 0) is 63.5 Å². The van der Waals surface area contributed by atoms with Crippen molar-refractivity contribution >= 4 is 69.1 Å². The number of anilines is 1. The monoisotopic (exact) mass is 1110 g/mol. The van der Waals surface area contributed by atoms with Gasteiger partial charge in [-0.3, -0.25) is 32.5 Å². The molecule has 0 saturated carbocycles. The van der Waals surface area contributed by atoms with Gasteiger partial charge in [0.1, 0.15) is 47.8 Å². The largest absolute Gasteiger partial charge is 0.481 e. The zero-order valence-corrected chi connectivity index (χ0v) is 45.4. The third-order valence-electron chi connectivity index (χ3n) is 11.9. The highest BCUT2D eigenvalue weighted by molar-refractivity contribution is 8.13. The van der Waals surface area contributed by atoms with Crippen molar-refractivity contribution < 1.29 is 84.9 Å². The molecule has 1 aliphatic rings. The minimum absolute atomic E-state index is 0.0320. The second-order valence-corrected chi connectivity index (χ2v) is 24.0. The summed E-state index contributed by atoms with van der Waals surface area (Å²) in [6.45, 7) is 4.92. The topological polar surface area (TPSA) is 377 Å². The molecule has 29 heteroatoms. The van der Waals surface area contributed by atoms with Gasteiger partial charge in [-0.25, -0.2) is 28.6 Å². The average Bonchev–Trinajstić information content (AvgIpc) is 4.00. The van der Waals surface area contributed by atoms with Crippen LogP contribution in [0.25, 0.3) is 11.2 Å². The third kappa shape index (κ3) is 21.8. The molecule has 0 spiro atoms. The van der Waals surface area contributed by atoms with E-state index in [1.54, 1.807) is 0 Å². The number of phosphoric acid groups is 3. The van der Waals surface area contributed by atoms with Gasteiger partial charge in [0.25, 0.3) is 0 Å². The standard InChI is InChI=1S/C44H74N7O18P3S/c1-5-6-7-12-15-18-31-25-30(2)32(66-31)19-16-13-10-8-9-11-14-17-20-35(53)73-24-23-46-34(52)21-22-47-42(56)39(55)44(3,4)27-65-72(62,63)69-71(60,61)64-26-33-38(68-70(57,58)59)37(54)43(67-33)51-29-50-36-40(45)48-28-49-41(36)51/h25,28-29,33,37-39,43,54-55H,5-24,26-27H2,1-4H3,(H,46,52)(H,47,56)(H,60,61)(H,62,63)(H2,45,48,49)(H2,57,58,59). The van der Waals surface area contributed by atoms with Gasteiger partial charge < -0.3 is 55.3 Å². The maximum Gasteiger partial charge on any atom is 0.481 e. The zero-order chi connectivity index (χ0) is 53.8. The Morgan fingerprint density at radius 3 is 2.21 bits per heavy atom. The Hall–Kier alpha value is -3.16. The number of unbranched alkanes of at least 4 members (excludes halogenated alkanes) is 11. The quantitative estimate of drug-likeness (QED) is 0.0244. The van der Waals surface area contributed by atoms with Gasteiger partial charge in [-0.05, 0) is 37.8 Å². The SMILES string of the molecule is CCCCCCCc1cc(C)c(CCCCCCCCCCC(=O)SCCNC(=O)CCNC(=O)C(O)C(C)(C)COP(=O)(O)OP(=O)(O)OCC2OC(n3cnc4c(N)ncnc43)C(O)C2OP(=O)(O)O)o1. The first-order chi connectivity index (χ1) is 34.4. The number of thioether (sulfide) groups is 1. The Balaban J connectivity index is 1.04. The van der Waals surface area contributed by atoms with Crippen LogP contribution in [0.3, 0.4) is 0 Å². The second-order valence-electron chi connectivity index (χ2n) is 18.6. The van der Waals surface area contributed by atoms with Crippen molar-refractivity contribution in [3.8, 4) is 0 Å². The number of imidazole rings is 1. The highest BCUT2D eigenvalue weighted by Gasteiger charge is 2.50. The van der Waals surface area contributed by atoms with E-state index in [0.717, 1.165) is 85.4 Å². The molecule has 7 atom stereocenters. The second kappa shape index (κ2) is 30.0. The Kier molecular flexibility index (Phi) is 25.6. The fourth-order valence-electron chi connectivity index (χ4n) is 7.85.